The third kappa shape index (κ3) is 2.99. The zero-order valence-corrected chi connectivity index (χ0v) is 12.9. The maximum atomic E-state index is 12.1. The molecule has 0 radical (unpaired) electrons. The van der Waals surface area contributed by atoms with Gasteiger partial charge in [0.15, 0.2) is 0 Å². The fourth-order valence-electron chi connectivity index (χ4n) is 1.71. The summed E-state index contributed by atoms with van der Waals surface area (Å²) in [6, 6.07) is 4.66. The molecular formula is C11H10Cl3NO3S. The van der Waals surface area contributed by atoms with Crippen molar-refractivity contribution in [3.8, 4) is 0 Å². The Bertz CT molecular complexity index is 622. The third-order valence-corrected chi connectivity index (χ3v) is 5.62. The van der Waals surface area contributed by atoms with E-state index in [0.29, 0.717) is 5.56 Å². The number of sulfonamides is 1. The van der Waals surface area contributed by atoms with E-state index in [0.717, 1.165) is 0 Å². The standard InChI is InChI=1S/C11H10Cl3NO3S/c1-6-3-2-4-8(12)9(6)19(17,18)15-10(16)7-5-11(7,13)14/h2-4,7H,5H2,1H3,(H,15,16). The minimum atomic E-state index is -4.02. The quantitative estimate of drug-likeness (QED) is 0.859. The van der Waals surface area contributed by atoms with Gasteiger partial charge in [-0.1, -0.05) is 23.7 Å². The van der Waals surface area contributed by atoms with Gasteiger partial charge >= 0.3 is 0 Å². The highest BCUT2D eigenvalue weighted by atomic mass is 35.5. The fraction of sp³-hybridized carbons (Fsp3) is 0.364. The summed E-state index contributed by atoms with van der Waals surface area (Å²) in [5.74, 6) is -1.43. The normalized spacial score (nSPS) is 20.9. The molecule has 19 heavy (non-hydrogen) atoms. The summed E-state index contributed by atoms with van der Waals surface area (Å²) in [7, 11) is -4.02. The fourth-order valence-corrected chi connectivity index (χ4v) is 4.07. The van der Waals surface area contributed by atoms with Gasteiger partial charge in [-0.15, -0.1) is 23.2 Å². The lowest BCUT2D eigenvalue weighted by atomic mass is 10.2. The van der Waals surface area contributed by atoms with Gasteiger partial charge in [0.05, 0.1) is 10.9 Å². The summed E-state index contributed by atoms with van der Waals surface area (Å²) < 4.78 is 25.0. The average molecular weight is 343 g/mol. The maximum absolute atomic E-state index is 12.1. The zero-order chi connectivity index (χ0) is 14.4. The van der Waals surface area contributed by atoms with Gasteiger partial charge in [-0.3, -0.25) is 4.79 Å². The van der Waals surface area contributed by atoms with E-state index < -0.39 is 26.2 Å². The van der Waals surface area contributed by atoms with E-state index in [1.807, 2.05) is 4.72 Å². The van der Waals surface area contributed by atoms with Crippen molar-refractivity contribution in [2.45, 2.75) is 22.6 Å². The predicted octanol–water partition coefficient (Wildman–Crippen LogP) is 2.65. The van der Waals surface area contributed by atoms with E-state index in [1.165, 1.54) is 6.07 Å². The van der Waals surface area contributed by atoms with E-state index in [9.17, 15) is 13.2 Å². The molecular weight excluding hydrogens is 333 g/mol. The molecule has 1 fully saturated rings. The van der Waals surface area contributed by atoms with Crippen molar-refractivity contribution in [3.05, 3.63) is 28.8 Å². The van der Waals surface area contributed by atoms with Crippen LogP contribution in [0.1, 0.15) is 12.0 Å². The first kappa shape index (κ1) is 14.9. The number of rotatable bonds is 3. The van der Waals surface area contributed by atoms with Gasteiger partial charge in [0, 0.05) is 0 Å². The van der Waals surface area contributed by atoms with Crippen LogP contribution in [-0.2, 0) is 14.8 Å². The second-order valence-corrected chi connectivity index (χ2v) is 7.94. The Labute approximate surface area is 126 Å². The monoisotopic (exact) mass is 341 g/mol. The Morgan fingerprint density at radius 3 is 2.47 bits per heavy atom. The lowest BCUT2D eigenvalue weighted by Gasteiger charge is -2.10. The molecule has 2 rings (SSSR count). The number of amides is 1. The molecule has 0 aliphatic heterocycles. The van der Waals surface area contributed by atoms with Crippen LogP contribution in [0.15, 0.2) is 23.1 Å². The molecule has 1 atom stereocenters. The van der Waals surface area contributed by atoms with Gasteiger partial charge < -0.3 is 0 Å². The number of hydrogen-bond donors (Lipinski definition) is 1. The molecule has 4 nitrogen and oxygen atoms in total. The summed E-state index contributed by atoms with van der Waals surface area (Å²) in [4.78, 5) is 11.6. The molecule has 1 unspecified atom stereocenters. The van der Waals surface area contributed by atoms with Gasteiger partial charge in [0.25, 0.3) is 10.0 Å². The van der Waals surface area contributed by atoms with Crippen LogP contribution in [0.2, 0.25) is 5.02 Å². The number of hydrogen-bond acceptors (Lipinski definition) is 3. The second kappa shape index (κ2) is 4.81. The Morgan fingerprint density at radius 1 is 1.42 bits per heavy atom. The lowest BCUT2D eigenvalue weighted by Crippen LogP contribution is -2.33. The van der Waals surface area contributed by atoms with Crippen LogP contribution in [0.3, 0.4) is 0 Å². The Kier molecular flexibility index (Phi) is 3.77. The minimum absolute atomic E-state index is 0.0547. The molecule has 1 aliphatic rings. The molecule has 1 aliphatic carbocycles. The number of halogens is 3. The van der Waals surface area contributed by atoms with Gasteiger partial charge in [0.2, 0.25) is 5.91 Å². The van der Waals surface area contributed by atoms with Crippen molar-refractivity contribution in [2.75, 3.05) is 0 Å². The van der Waals surface area contributed by atoms with E-state index in [2.05, 4.69) is 0 Å². The molecule has 0 aromatic heterocycles. The Hall–Kier alpha value is -0.490. The van der Waals surface area contributed by atoms with Crippen molar-refractivity contribution in [1.82, 2.24) is 4.72 Å². The van der Waals surface area contributed by atoms with E-state index >= 15 is 0 Å². The first-order valence-electron chi connectivity index (χ1n) is 5.35. The SMILES string of the molecule is Cc1cccc(Cl)c1S(=O)(=O)NC(=O)C1CC1(Cl)Cl. The van der Waals surface area contributed by atoms with E-state index in [4.69, 9.17) is 34.8 Å². The van der Waals surface area contributed by atoms with Crippen LogP contribution in [-0.4, -0.2) is 18.7 Å². The molecule has 0 bridgehead atoms. The van der Waals surface area contributed by atoms with Crippen LogP contribution in [0.5, 0.6) is 0 Å². The molecule has 1 saturated carbocycles. The zero-order valence-electron chi connectivity index (χ0n) is 9.78. The first-order valence-corrected chi connectivity index (χ1v) is 7.96. The van der Waals surface area contributed by atoms with Crippen molar-refractivity contribution in [1.29, 1.82) is 0 Å². The predicted molar refractivity (Wildman–Crippen MR) is 74.1 cm³/mol. The Morgan fingerprint density at radius 2 is 2.00 bits per heavy atom. The molecule has 0 saturated heterocycles. The largest absolute Gasteiger partial charge is 0.274 e. The smallest absolute Gasteiger partial charge is 0.265 e. The lowest BCUT2D eigenvalue weighted by molar-refractivity contribution is -0.120. The number of carbonyl (C=O) groups excluding carboxylic acids is 1. The van der Waals surface area contributed by atoms with Crippen molar-refractivity contribution < 1.29 is 13.2 Å². The summed E-state index contributed by atoms with van der Waals surface area (Å²) in [6.45, 7) is 1.59. The summed E-state index contributed by atoms with van der Waals surface area (Å²) in [5.41, 5.74) is 0.451. The number of aryl methyl sites for hydroxylation is 1. The van der Waals surface area contributed by atoms with Crippen LogP contribution < -0.4 is 4.72 Å². The molecule has 1 aromatic rings. The number of benzene rings is 1. The van der Waals surface area contributed by atoms with E-state index in [1.54, 1.807) is 19.1 Å². The first-order chi connectivity index (χ1) is 8.65. The highest BCUT2D eigenvalue weighted by Gasteiger charge is 2.57. The van der Waals surface area contributed by atoms with Crippen molar-refractivity contribution >= 4 is 50.7 Å². The molecule has 0 heterocycles. The highest BCUT2D eigenvalue weighted by molar-refractivity contribution is 7.90. The summed E-state index contributed by atoms with van der Waals surface area (Å²) in [5, 5.41) is 0.0547. The van der Waals surface area contributed by atoms with Crippen LogP contribution >= 0.6 is 34.8 Å². The molecule has 104 valence electrons. The van der Waals surface area contributed by atoms with Crippen molar-refractivity contribution in [3.63, 3.8) is 0 Å². The van der Waals surface area contributed by atoms with Gasteiger partial charge in [-0.05, 0) is 25.0 Å². The maximum Gasteiger partial charge on any atom is 0.265 e. The number of alkyl halides is 2. The second-order valence-electron chi connectivity index (χ2n) is 4.37. The highest BCUT2D eigenvalue weighted by Crippen LogP contribution is 2.53. The molecule has 1 aromatic carbocycles. The van der Waals surface area contributed by atoms with Crippen LogP contribution in [0.4, 0.5) is 0 Å². The molecule has 0 spiro atoms. The Balaban J connectivity index is 2.27. The minimum Gasteiger partial charge on any atom is -0.274 e. The van der Waals surface area contributed by atoms with Gasteiger partial charge in [-0.25, -0.2) is 13.1 Å². The molecule has 8 heteroatoms. The van der Waals surface area contributed by atoms with Crippen molar-refractivity contribution in [2.24, 2.45) is 5.92 Å². The summed E-state index contributed by atoms with van der Waals surface area (Å²) >= 11 is 17.3. The molecule has 1 amide bonds. The summed E-state index contributed by atoms with van der Waals surface area (Å²) in [6.07, 6.45) is 0.235. The van der Waals surface area contributed by atoms with Crippen LogP contribution in [0, 0.1) is 12.8 Å². The van der Waals surface area contributed by atoms with Gasteiger partial charge in [-0.2, -0.15) is 0 Å². The van der Waals surface area contributed by atoms with Crippen LogP contribution in [0.25, 0.3) is 0 Å². The molecule has 1 N–H and O–H groups in total. The van der Waals surface area contributed by atoms with E-state index in [-0.39, 0.29) is 16.3 Å². The average Bonchev–Trinajstić information content (AvgIpc) is 2.86. The third-order valence-electron chi connectivity index (χ3n) is 2.81. The number of nitrogens with one attached hydrogen (secondary N) is 1. The van der Waals surface area contributed by atoms with Gasteiger partial charge in [0.1, 0.15) is 9.23 Å². The number of carbonyl (C=O) groups is 1. The topological polar surface area (TPSA) is 63.2 Å².